The van der Waals surface area contributed by atoms with Gasteiger partial charge in [-0.25, -0.2) is 8.96 Å². The lowest BCUT2D eigenvalue weighted by Gasteiger charge is -2.24. The highest BCUT2D eigenvalue weighted by molar-refractivity contribution is 8.55. The third-order valence-electron chi connectivity index (χ3n) is 3.38. The van der Waals surface area contributed by atoms with Gasteiger partial charge >= 0.3 is 6.80 Å². The smallest absolute Gasteiger partial charge is 0.301 e. The van der Waals surface area contributed by atoms with Crippen LogP contribution in [0.25, 0.3) is 5.57 Å². The Balaban J connectivity index is 2.12. The van der Waals surface area contributed by atoms with E-state index in [1.54, 1.807) is 12.1 Å². The van der Waals surface area contributed by atoms with Crippen LogP contribution in [0.1, 0.15) is 38.7 Å². The largest absolute Gasteiger partial charge is 0.389 e. The second-order valence-electron chi connectivity index (χ2n) is 5.02. The molecule has 6 heteroatoms. The van der Waals surface area contributed by atoms with Gasteiger partial charge in [-0.1, -0.05) is 18.2 Å². The lowest BCUT2D eigenvalue weighted by molar-refractivity contribution is 0.236. The molecule has 122 valence electrons. The summed E-state index contributed by atoms with van der Waals surface area (Å²) >= 11 is 1.28. The maximum atomic E-state index is 13.0. The van der Waals surface area contributed by atoms with E-state index in [4.69, 9.17) is 9.05 Å². The van der Waals surface area contributed by atoms with Crippen LogP contribution < -0.4 is 0 Å². The molecule has 0 bridgehead atoms. The van der Waals surface area contributed by atoms with Gasteiger partial charge in [-0.2, -0.15) is 0 Å². The normalized spacial score (nSPS) is 19.0. The molecule has 1 aliphatic carbocycles. The first kappa shape index (κ1) is 17.7. The van der Waals surface area contributed by atoms with Crippen molar-refractivity contribution in [2.75, 3.05) is 13.2 Å². The second-order valence-corrected chi connectivity index (χ2v) is 9.22. The van der Waals surface area contributed by atoms with Crippen LogP contribution in [-0.4, -0.2) is 18.5 Å². The SMILES string of the molecule is CCOP(=O)(OCC)SC1C=C(c2ccc(F)cc2)CCC1. The number of allylic oxidation sites excluding steroid dienone is 1. The van der Waals surface area contributed by atoms with E-state index >= 15 is 0 Å². The van der Waals surface area contributed by atoms with Gasteiger partial charge in [0.25, 0.3) is 0 Å². The summed E-state index contributed by atoms with van der Waals surface area (Å²) < 4.78 is 36.3. The van der Waals surface area contributed by atoms with Gasteiger partial charge in [0.05, 0.1) is 13.2 Å². The highest BCUT2D eigenvalue weighted by atomic mass is 32.7. The number of hydrogen-bond acceptors (Lipinski definition) is 4. The van der Waals surface area contributed by atoms with E-state index in [0.29, 0.717) is 13.2 Å². The topological polar surface area (TPSA) is 35.5 Å². The third kappa shape index (κ3) is 4.95. The predicted octanol–water partition coefficient (Wildman–Crippen LogP) is 5.68. The monoisotopic (exact) mass is 344 g/mol. The van der Waals surface area contributed by atoms with E-state index in [0.717, 1.165) is 24.8 Å². The maximum absolute atomic E-state index is 13.0. The van der Waals surface area contributed by atoms with Crippen molar-refractivity contribution in [2.45, 2.75) is 38.4 Å². The molecule has 0 N–H and O–H groups in total. The third-order valence-corrected chi connectivity index (χ3v) is 7.64. The summed E-state index contributed by atoms with van der Waals surface area (Å²) in [6.45, 7) is 1.26. The van der Waals surface area contributed by atoms with Crippen molar-refractivity contribution in [1.82, 2.24) is 0 Å². The van der Waals surface area contributed by atoms with E-state index in [1.807, 2.05) is 13.8 Å². The van der Waals surface area contributed by atoms with Crippen LogP contribution in [0.5, 0.6) is 0 Å². The highest BCUT2D eigenvalue weighted by Crippen LogP contribution is 2.63. The van der Waals surface area contributed by atoms with Crippen LogP contribution in [0.2, 0.25) is 0 Å². The molecule has 0 aromatic heterocycles. The van der Waals surface area contributed by atoms with Crippen molar-refractivity contribution in [3.63, 3.8) is 0 Å². The molecular formula is C16H22FO3PS. The zero-order chi connectivity index (χ0) is 16.0. The first-order valence-electron chi connectivity index (χ1n) is 7.60. The molecule has 1 aromatic carbocycles. The summed E-state index contributed by atoms with van der Waals surface area (Å²) in [5.74, 6) is -0.233. The minimum absolute atomic E-state index is 0.0951. The summed E-state index contributed by atoms with van der Waals surface area (Å²) in [7, 11) is 0. The number of halogens is 1. The summed E-state index contributed by atoms with van der Waals surface area (Å²) in [5.41, 5.74) is 2.19. The van der Waals surface area contributed by atoms with Crippen molar-refractivity contribution in [3.8, 4) is 0 Å². The Morgan fingerprint density at radius 2 is 1.86 bits per heavy atom. The van der Waals surface area contributed by atoms with Crippen LogP contribution in [0.3, 0.4) is 0 Å². The van der Waals surface area contributed by atoms with Gasteiger partial charge in [-0.3, -0.25) is 0 Å². The lowest BCUT2D eigenvalue weighted by atomic mass is 9.93. The zero-order valence-electron chi connectivity index (χ0n) is 13.0. The minimum atomic E-state index is -3.10. The Hall–Kier alpha value is -0.610. The summed E-state index contributed by atoms with van der Waals surface area (Å²) in [6, 6.07) is 6.52. The highest BCUT2D eigenvalue weighted by Gasteiger charge is 2.30. The van der Waals surface area contributed by atoms with Crippen molar-refractivity contribution >= 4 is 23.8 Å². The molecule has 1 atom stereocenters. The molecule has 22 heavy (non-hydrogen) atoms. The summed E-state index contributed by atoms with van der Waals surface area (Å²) in [6.07, 6.45) is 5.03. The maximum Gasteiger partial charge on any atom is 0.389 e. The molecule has 1 unspecified atom stereocenters. The van der Waals surface area contributed by atoms with Gasteiger partial charge in [0.2, 0.25) is 0 Å². The quantitative estimate of drug-likeness (QED) is 0.597. The Bertz CT molecular complexity index is 549. The Morgan fingerprint density at radius 3 is 2.45 bits per heavy atom. The molecular weight excluding hydrogens is 322 g/mol. The fourth-order valence-corrected chi connectivity index (χ4v) is 6.60. The lowest BCUT2D eigenvalue weighted by Crippen LogP contribution is -2.07. The standard InChI is InChI=1S/C16H22FO3PS/c1-3-19-21(18,20-4-2)22-16-7-5-6-14(12-16)13-8-10-15(17)11-9-13/h8-12,16H,3-7H2,1-2H3. The fraction of sp³-hybridized carbons (Fsp3) is 0.500. The van der Waals surface area contributed by atoms with Gasteiger partial charge in [-0.05, 0) is 67.8 Å². The Morgan fingerprint density at radius 1 is 1.23 bits per heavy atom. The molecule has 0 spiro atoms. The van der Waals surface area contributed by atoms with Crippen molar-refractivity contribution < 1.29 is 18.0 Å². The van der Waals surface area contributed by atoms with Crippen LogP contribution in [0.4, 0.5) is 4.39 Å². The molecule has 2 rings (SSSR count). The van der Waals surface area contributed by atoms with Gasteiger partial charge in [0.1, 0.15) is 5.82 Å². The first-order valence-corrected chi connectivity index (χ1v) is 10.6. The number of benzene rings is 1. The van der Waals surface area contributed by atoms with Gasteiger partial charge in [0.15, 0.2) is 0 Å². The van der Waals surface area contributed by atoms with Gasteiger partial charge < -0.3 is 9.05 Å². The number of hydrogen-bond donors (Lipinski definition) is 0. The van der Waals surface area contributed by atoms with E-state index < -0.39 is 6.80 Å². The second kappa shape index (κ2) is 8.30. The van der Waals surface area contributed by atoms with Crippen LogP contribution in [0, 0.1) is 5.82 Å². The molecule has 0 saturated carbocycles. The van der Waals surface area contributed by atoms with E-state index in [9.17, 15) is 8.96 Å². The van der Waals surface area contributed by atoms with E-state index in [-0.39, 0.29) is 11.1 Å². The molecule has 1 aromatic rings. The predicted molar refractivity (Wildman–Crippen MR) is 90.5 cm³/mol. The van der Waals surface area contributed by atoms with Crippen molar-refractivity contribution in [2.24, 2.45) is 0 Å². The zero-order valence-corrected chi connectivity index (χ0v) is 14.7. The summed E-state index contributed by atoms with van der Waals surface area (Å²) in [4.78, 5) is 0. The van der Waals surface area contributed by atoms with Crippen molar-refractivity contribution in [3.05, 3.63) is 41.7 Å². The minimum Gasteiger partial charge on any atom is -0.301 e. The van der Waals surface area contributed by atoms with E-state index in [1.165, 1.54) is 29.1 Å². The Kier molecular flexibility index (Phi) is 6.69. The fourth-order valence-electron chi connectivity index (χ4n) is 2.45. The molecule has 3 nitrogen and oxygen atoms in total. The molecule has 0 amide bonds. The molecule has 0 saturated heterocycles. The molecule has 1 aliphatic rings. The Labute approximate surface area is 135 Å². The van der Waals surface area contributed by atoms with Gasteiger partial charge in [0, 0.05) is 5.25 Å². The molecule has 0 radical (unpaired) electrons. The van der Waals surface area contributed by atoms with Crippen molar-refractivity contribution in [1.29, 1.82) is 0 Å². The molecule has 0 fully saturated rings. The first-order chi connectivity index (χ1) is 10.6. The van der Waals surface area contributed by atoms with Crippen LogP contribution in [0.15, 0.2) is 30.3 Å². The number of rotatable bonds is 7. The van der Waals surface area contributed by atoms with Gasteiger partial charge in [-0.15, -0.1) is 0 Å². The van der Waals surface area contributed by atoms with E-state index in [2.05, 4.69) is 6.08 Å². The average molecular weight is 344 g/mol. The summed E-state index contributed by atoms with van der Waals surface area (Å²) in [5, 5.41) is 0.0951. The molecule has 0 heterocycles. The van der Waals surface area contributed by atoms with Crippen LogP contribution >= 0.6 is 18.2 Å². The average Bonchev–Trinajstić information content (AvgIpc) is 2.48. The molecule has 0 aliphatic heterocycles. The van der Waals surface area contributed by atoms with Crippen LogP contribution in [-0.2, 0) is 13.6 Å².